The molecule has 0 unspecified atom stereocenters. The Morgan fingerprint density at radius 2 is 2.12 bits per heavy atom. The fourth-order valence-electron chi connectivity index (χ4n) is 1.12. The first-order valence-electron chi connectivity index (χ1n) is 4.41. The number of carboxylic acids is 1. The predicted octanol–water partition coefficient (Wildman–Crippen LogP) is 3.78. The lowest BCUT2D eigenvalue weighted by Crippen LogP contribution is -1.91. The molecule has 0 amide bonds. The summed E-state index contributed by atoms with van der Waals surface area (Å²) in [6.07, 6.45) is 1.21. The molecule has 5 heteroatoms. The molecule has 0 saturated carbocycles. The van der Waals surface area contributed by atoms with Crippen molar-refractivity contribution >= 4 is 29.3 Å². The van der Waals surface area contributed by atoms with Crippen LogP contribution in [-0.2, 0) is 0 Å². The molecule has 0 radical (unpaired) electrons. The van der Waals surface area contributed by atoms with E-state index in [-0.39, 0.29) is 5.56 Å². The molecule has 2 rings (SSSR count). The van der Waals surface area contributed by atoms with Gasteiger partial charge in [-0.25, -0.2) is 4.79 Å². The van der Waals surface area contributed by atoms with Crippen LogP contribution in [0.25, 0.3) is 0 Å². The van der Waals surface area contributed by atoms with E-state index in [0.717, 1.165) is 4.90 Å². The zero-order valence-corrected chi connectivity index (χ0v) is 9.59. The summed E-state index contributed by atoms with van der Waals surface area (Å²) in [6.45, 7) is 0. The van der Waals surface area contributed by atoms with Crippen LogP contribution in [-0.4, -0.2) is 11.1 Å². The first kappa shape index (κ1) is 11.1. The molecule has 0 aliphatic carbocycles. The molecule has 82 valence electrons. The van der Waals surface area contributed by atoms with Crippen LogP contribution >= 0.6 is 23.4 Å². The maximum atomic E-state index is 10.6. The minimum absolute atomic E-state index is 0.134. The van der Waals surface area contributed by atoms with Crippen molar-refractivity contribution < 1.29 is 14.3 Å². The number of carbonyl (C=O) groups is 1. The summed E-state index contributed by atoms with van der Waals surface area (Å²) in [5.74, 6) is -1.00. The molecule has 1 aromatic carbocycles. The van der Waals surface area contributed by atoms with Crippen molar-refractivity contribution in [2.45, 2.75) is 9.99 Å². The lowest BCUT2D eigenvalue weighted by atomic mass is 10.4. The summed E-state index contributed by atoms with van der Waals surface area (Å²) in [5, 5.41) is 9.84. The molecule has 0 aliphatic rings. The average Bonchev–Trinajstić information content (AvgIpc) is 2.70. The molecule has 0 bridgehead atoms. The molecule has 0 spiro atoms. The van der Waals surface area contributed by atoms with E-state index in [9.17, 15) is 4.79 Å². The van der Waals surface area contributed by atoms with Gasteiger partial charge in [-0.2, -0.15) is 0 Å². The Hall–Kier alpha value is -1.39. The molecule has 0 saturated heterocycles. The van der Waals surface area contributed by atoms with Gasteiger partial charge in [0.05, 0.1) is 10.6 Å². The number of aromatic carboxylic acids is 1. The second-order valence-corrected chi connectivity index (χ2v) is 4.45. The van der Waals surface area contributed by atoms with E-state index < -0.39 is 5.97 Å². The molecule has 2 aromatic rings. The first-order valence-corrected chi connectivity index (χ1v) is 5.60. The van der Waals surface area contributed by atoms with E-state index in [1.54, 1.807) is 6.07 Å². The zero-order chi connectivity index (χ0) is 11.5. The summed E-state index contributed by atoms with van der Waals surface area (Å²) in [7, 11) is 0. The molecular weight excluding hydrogens is 248 g/mol. The van der Waals surface area contributed by atoms with Gasteiger partial charge in [0.2, 0.25) is 0 Å². The minimum Gasteiger partial charge on any atom is -0.478 e. The van der Waals surface area contributed by atoms with E-state index in [1.165, 1.54) is 24.1 Å². The summed E-state index contributed by atoms with van der Waals surface area (Å²) in [4.78, 5) is 11.5. The minimum atomic E-state index is -1.00. The highest BCUT2D eigenvalue weighted by Crippen LogP contribution is 2.33. The Morgan fingerprint density at radius 3 is 2.75 bits per heavy atom. The number of halogens is 1. The number of hydrogen-bond donors (Lipinski definition) is 1. The van der Waals surface area contributed by atoms with Crippen molar-refractivity contribution in [3.8, 4) is 0 Å². The molecule has 16 heavy (non-hydrogen) atoms. The predicted molar refractivity (Wildman–Crippen MR) is 61.2 cm³/mol. The number of hydrogen-bond acceptors (Lipinski definition) is 3. The van der Waals surface area contributed by atoms with Crippen molar-refractivity contribution in [2.75, 3.05) is 0 Å². The fourth-order valence-corrected chi connectivity index (χ4v) is 2.18. The quantitative estimate of drug-likeness (QED) is 0.906. The van der Waals surface area contributed by atoms with E-state index in [0.29, 0.717) is 10.1 Å². The lowest BCUT2D eigenvalue weighted by molar-refractivity contribution is 0.0696. The SMILES string of the molecule is O=C(O)c1coc(Sc2ccccc2Cl)c1. The Balaban J connectivity index is 2.21. The highest BCUT2D eigenvalue weighted by Gasteiger charge is 2.10. The van der Waals surface area contributed by atoms with Gasteiger partial charge in [-0.3, -0.25) is 0 Å². The molecule has 1 aromatic heterocycles. The number of benzene rings is 1. The van der Waals surface area contributed by atoms with Crippen molar-refractivity contribution in [3.63, 3.8) is 0 Å². The van der Waals surface area contributed by atoms with Gasteiger partial charge < -0.3 is 9.52 Å². The van der Waals surface area contributed by atoms with Crippen molar-refractivity contribution in [2.24, 2.45) is 0 Å². The summed E-state index contributed by atoms with van der Waals surface area (Å²) < 4.78 is 5.11. The van der Waals surface area contributed by atoms with Gasteiger partial charge in [-0.15, -0.1) is 0 Å². The van der Waals surface area contributed by atoms with E-state index in [4.69, 9.17) is 21.1 Å². The number of carboxylic acid groups (broad SMARTS) is 1. The third kappa shape index (κ3) is 2.40. The van der Waals surface area contributed by atoms with Gasteiger partial charge in [0, 0.05) is 11.0 Å². The standard InChI is InChI=1S/C11H7ClO3S/c12-8-3-1-2-4-9(8)16-10-5-7(6-15-10)11(13)14/h1-6H,(H,13,14). The third-order valence-corrected chi connectivity index (χ3v) is 3.30. The Bertz CT molecular complexity index is 521. The van der Waals surface area contributed by atoms with Gasteiger partial charge in [-0.05, 0) is 12.1 Å². The molecular formula is C11H7ClO3S. The van der Waals surface area contributed by atoms with Crippen molar-refractivity contribution in [1.82, 2.24) is 0 Å². The van der Waals surface area contributed by atoms with Gasteiger partial charge in [0.1, 0.15) is 6.26 Å². The summed E-state index contributed by atoms with van der Waals surface area (Å²) in [6, 6.07) is 8.77. The van der Waals surface area contributed by atoms with E-state index in [1.807, 2.05) is 18.2 Å². The Labute approximate surface area is 101 Å². The van der Waals surface area contributed by atoms with Gasteiger partial charge in [-0.1, -0.05) is 35.5 Å². The largest absolute Gasteiger partial charge is 0.478 e. The lowest BCUT2D eigenvalue weighted by Gasteiger charge is -1.99. The second kappa shape index (κ2) is 4.63. The van der Waals surface area contributed by atoms with Gasteiger partial charge in [0.15, 0.2) is 5.09 Å². The highest BCUT2D eigenvalue weighted by molar-refractivity contribution is 7.99. The maximum Gasteiger partial charge on any atom is 0.339 e. The molecule has 0 fully saturated rings. The van der Waals surface area contributed by atoms with Crippen LogP contribution in [0.1, 0.15) is 10.4 Å². The van der Waals surface area contributed by atoms with E-state index >= 15 is 0 Å². The monoisotopic (exact) mass is 254 g/mol. The van der Waals surface area contributed by atoms with Crippen LogP contribution < -0.4 is 0 Å². The van der Waals surface area contributed by atoms with Gasteiger partial charge in [0.25, 0.3) is 0 Å². The summed E-state index contributed by atoms with van der Waals surface area (Å²) >= 11 is 7.26. The molecule has 1 heterocycles. The maximum absolute atomic E-state index is 10.6. The van der Waals surface area contributed by atoms with Crippen molar-refractivity contribution in [1.29, 1.82) is 0 Å². The molecule has 0 aliphatic heterocycles. The fraction of sp³-hybridized carbons (Fsp3) is 0. The number of furan rings is 1. The smallest absolute Gasteiger partial charge is 0.339 e. The molecule has 1 N–H and O–H groups in total. The Kier molecular flexibility index (Phi) is 3.22. The van der Waals surface area contributed by atoms with Crippen LogP contribution in [0.15, 0.2) is 51.0 Å². The zero-order valence-electron chi connectivity index (χ0n) is 8.01. The second-order valence-electron chi connectivity index (χ2n) is 2.99. The summed E-state index contributed by atoms with van der Waals surface area (Å²) in [5.41, 5.74) is 0.134. The Morgan fingerprint density at radius 1 is 1.38 bits per heavy atom. The first-order chi connectivity index (χ1) is 7.66. The topological polar surface area (TPSA) is 50.4 Å². The van der Waals surface area contributed by atoms with Crippen molar-refractivity contribution in [3.05, 3.63) is 47.2 Å². The molecule has 0 atom stereocenters. The van der Waals surface area contributed by atoms with E-state index in [2.05, 4.69) is 0 Å². The van der Waals surface area contributed by atoms with Crippen LogP contribution in [0, 0.1) is 0 Å². The van der Waals surface area contributed by atoms with Crippen LogP contribution in [0.5, 0.6) is 0 Å². The highest BCUT2D eigenvalue weighted by atomic mass is 35.5. The van der Waals surface area contributed by atoms with Crippen LogP contribution in [0.2, 0.25) is 5.02 Å². The third-order valence-electron chi connectivity index (χ3n) is 1.87. The molecule has 3 nitrogen and oxygen atoms in total. The van der Waals surface area contributed by atoms with Crippen LogP contribution in [0.3, 0.4) is 0 Å². The van der Waals surface area contributed by atoms with Crippen LogP contribution in [0.4, 0.5) is 0 Å². The van der Waals surface area contributed by atoms with Gasteiger partial charge >= 0.3 is 5.97 Å². The average molecular weight is 255 g/mol. The number of rotatable bonds is 3. The normalized spacial score (nSPS) is 10.3.